The lowest BCUT2D eigenvalue weighted by Gasteiger charge is -2.27. The number of nitrogens with zero attached hydrogens (tertiary/aromatic N) is 2. The van der Waals surface area contributed by atoms with E-state index in [2.05, 4.69) is 4.99 Å². The SMILES string of the molecule is NC(N)=NCCCC(N[O-])C(=O)CCC(=O)N1CCCCC1. The minimum atomic E-state index is -0.789. The van der Waals surface area contributed by atoms with Crippen LogP contribution in [0.5, 0.6) is 0 Å². The molecular formula is C14H26N5O3-. The molecule has 1 saturated heterocycles. The number of nitrogens with two attached hydrogens (primary N) is 2. The van der Waals surface area contributed by atoms with Crippen LogP contribution in [0, 0.1) is 5.21 Å². The fraction of sp³-hybridized carbons (Fsp3) is 0.786. The predicted molar refractivity (Wildman–Crippen MR) is 84.9 cm³/mol. The van der Waals surface area contributed by atoms with E-state index in [4.69, 9.17) is 11.5 Å². The summed E-state index contributed by atoms with van der Waals surface area (Å²) in [6.07, 6.45) is 4.36. The summed E-state index contributed by atoms with van der Waals surface area (Å²) in [5.74, 6) is -0.242. The van der Waals surface area contributed by atoms with E-state index in [0.717, 1.165) is 32.4 Å². The average molecular weight is 312 g/mol. The van der Waals surface area contributed by atoms with Gasteiger partial charge in [-0.1, -0.05) is 0 Å². The number of Topliss-reactive ketones (excluding diaryl/α,β-unsaturated/α-hetero) is 1. The molecule has 1 atom stereocenters. The number of hydroxylamine groups is 1. The van der Waals surface area contributed by atoms with Crippen molar-refractivity contribution < 1.29 is 9.59 Å². The molecule has 1 aliphatic heterocycles. The van der Waals surface area contributed by atoms with Crippen molar-refractivity contribution in [3.63, 3.8) is 0 Å². The molecule has 0 aliphatic carbocycles. The molecular weight excluding hydrogens is 286 g/mol. The highest BCUT2D eigenvalue weighted by Crippen LogP contribution is 2.11. The monoisotopic (exact) mass is 312 g/mol. The molecule has 126 valence electrons. The Labute approximate surface area is 130 Å². The van der Waals surface area contributed by atoms with Crippen molar-refractivity contribution in [2.45, 2.75) is 51.0 Å². The number of hydrogen-bond donors (Lipinski definition) is 3. The van der Waals surface area contributed by atoms with Gasteiger partial charge in [-0.15, -0.1) is 0 Å². The summed E-state index contributed by atoms with van der Waals surface area (Å²) in [5.41, 5.74) is 12.1. The first kappa shape index (κ1) is 18.4. The Kier molecular flexibility index (Phi) is 8.46. The normalized spacial score (nSPS) is 16.1. The van der Waals surface area contributed by atoms with Gasteiger partial charge in [-0.2, -0.15) is 0 Å². The van der Waals surface area contributed by atoms with Crippen molar-refractivity contribution in [1.29, 1.82) is 0 Å². The Bertz CT molecular complexity index is 390. The van der Waals surface area contributed by atoms with E-state index in [1.807, 2.05) is 0 Å². The summed E-state index contributed by atoms with van der Waals surface area (Å²) in [7, 11) is 0. The first-order valence-corrected chi connectivity index (χ1v) is 7.78. The lowest BCUT2D eigenvalue weighted by Crippen LogP contribution is -2.37. The van der Waals surface area contributed by atoms with Crippen molar-refractivity contribution in [3.8, 4) is 0 Å². The highest BCUT2D eigenvalue weighted by atomic mass is 16.5. The van der Waals surface area contributed by atoms with Crippen LogP contribution in [0.3, 0.4) is 0 Å². The molecule has 8 heteroatoms. The van der Waals surface area contributed by atoms with Crippen molar-refractivity contribution >= 4 is 17.6 Å². The zero-order valence-electron chi connectivity index (χ0n) is 12.9. The van der Waals surface area contributed by atoms with Crippen molar-refractivity contribution in [3.05, 3.63) is 5.21 Å². The minimum Gasteiger partial charge on any atom is -0.787 e. The molecule has 0 aromatic rings. The highest BCUT2D eigenvalue weighted by Gasteiger charge is 2.19. The van der Waals surface area contributed by atoms with Gasteiger partial charge in [-0.05, 0) is 32.1 Å². The van der Waals surface area contributed by atoms with Crippen molar-refractivity contribution in [2.24, 2.45) is 16.5 Å². The molecule has 0 aromatic carbocycles. The number of piperidine rings is 1. The summed E-state index contributed by atoms with van der Waals surface area (Å²) < 4.78 is 0. The topological polar surface area (TPSA) is 137 Å². The van der Waals surface area contributed by atoms with Crippen molar-refractivity contribution in [1.82, 2.24) is 10.4 Å². The van der Waals surface area contributed by atoms with Gasteiger partial charge in [-0.25, -0.2) is 0 Å². The van der Waals surface area contributed by atoms with Crippen LogP contribution in [0.4, 0.5) is 0 Å². The van der Waals surface area contributed by atoms with Gasteiger partial charge in [0.15, 0.2) is 5.96 Å². The number of nitrogens with one attached hydrogen (secondary N) is 1. The Morgan fingerprint density at radius 1 is 1.18 bits per heavy atom. The van der Waals surface area contributed by atoms with Crippen LogP contribution in [-0.2, 0) is 9.59 Å². The smallest absolute Gasteiger partial charge is 0.223 e. The first-order chi connectivity index (χ1) is 10.5. The van der Waals surface area contributed by atoms with E-state index in [0.29, 0.717) is 19.4 Å². The van der Waals surface area contributed by atoms with E-state index < -0.39 is 6.04 Å². The van der Waals surface area contributed by atoms with Gasteiger partial charge in [0.25, 0.3) is 0 Å². The molecule has 0 saturated carbocycles. The third-order valence-electron chi connectivity index (χ3n) is 3.77. The van der Waals surface area contributed by atoms with E-state index in [-0.39, 0.29) is 30.5 Å². The van der Waals surface area contributed by atoms with Gasteiger partial charge in [0, 0.05) is 32.5 Å². The second-order valence-corrected chi connectivity index (χ2v) is 5.53. The maximum Gasteiger partial charge on any atom is 0.223 e. The van der Waals surface area contributed by atoms with E-state index in [9.17, 15) is 14.8 Å². The molecule has 0 spiro atoms. The fourth-order valence-electron chi connectivity index (χ4n) is 2.49. The second-order valence-electron chi connectivity index (χ2n) is 5.53. The summed E-state index contributed by atoms with van der Waals surface area (Å²) in [6, 6.07) is -0.789. The zero-order valence-corrected chi connectivity index (χ0v) is 12.9. The number of likely N-dealkylation sites (tertiary alicyclic amines) is 1. The minimum absolute atomic E-state index is 0.00166. The van der Waals surface area contributed by atoms with Gasteiger partial charge >= 0.3 is 0 Å². The molecule has 1 fully saturated rings. The Balaban J connectivity index is 2.28. The van der Waals surface area contributed by atoms with Gasteiger partial charge in [-0.3, -0.25) is 14.6 Å². The van der Waals surface area contributed by atoms with Gasteiger partial charge in [0.1, 0.15) is 5.78 Å². The number of carbonyl (C=O) groups is 2. The van der Waals surface area contributed by atoms with Crippen LogP contribution >= 0.6 is 0 Å². The zero-order chi connectivity index (χ0) is 16.4. The van der Waals surface area contributed by atoms with Crippen LogP contribution in [0.15, 0.2) is 4.99 Å². The molecule has 0 radical (unpaired) electrons. The van der Waals surface area contributed by atoms with E-state index in [1.54, 1.807) is 10.4 Å². The summed E-state index contributed by atoms with van der Waals surface area (Å²) in [4.78, 5) is 29.5. The largest absolute Gasteiger partial charge is 0.787 e. The molecule has 1 aliphatic rings. The Morgan fingerprint density at radius 2 is 1.86 bits per heavy atom. The van der Waals surface area contributed by atoms with Gasteiger partial charge in [0.2, 0.25) is 5.91 Å². The molecule has 8 nitrogen and oxygen atoms in total. The standard InChI is InChI=1S/C14H26N5O3/c15-14(16)17-8-4-5-11(18-22)12(20)6-7-13(21)19-9-2-1-3-10-19/h11,18H,1-10H2,(H4,15,16,17)/q-1. The van der Waals surface area contributed by atoms with Crippen molar-refractivity contribution in [2.75, 3.05) is 19.6 Å². The number of hydrogen-bond acceptors (Lipinski definition) is 5. The summed E-state index contributed by atoms with van der Waals surface area (Å²) in [5, 5.41) is 10.9. The first-order valence-electron chi connectivity index (χ1n) is 7.78. The molecule has 1 rings (SSSR count). The molecule has 0 bridgehead atoms. The third kappa shape index (κ3) is 6.86. The quantitative estimate of drug-likeness (QED) is 0.234. The molecule has 22 heavy (non-hydrogen) atoms. The fourth-order valence-corrected chi connectivity index (χ4v) is 2.49. The Morgan fingerprint density at radius 3 is 2.45 bits per heavy atom. The summed E-state index contributed by atoms with van der Waals surface area (Å²) in [6.45, 7) is 1.92. The molecule has 1 amide bonds. The average Bonchev–Trinajstić information content (AvgIpc) is 2.53. The van der Waals surface area contributed by atoms with Crippen LogP contribution in [0.1, 0.15) is 44.9 Å². The molecule has 1 unspecified atom stereocenters. The maximum absolute atomic E-state index is 12.0. The van der Waals surface area contributed by atoms with Gasteiger partial charge in [0.05, 0.1) is 6.04 Å². The molecule has 5 N–H and O–H groups in total. The number of rotatable bonds is 9. The molecule has 0 aromatic heterocycles. The van der Waals surface area contributed by atoms with Gasteiger partial charge < -0.3 is 27.1 Å². The second kappa shape index (κ2) is 10.1. The number of amides is 1. The third-order valence-corrected chi connectivity index (χ3v) is 3.77. The maximum atomic E-state index is 12.0. The Hall–Kier alpha value is -1.67. The number of guanidine groups is 1. The summed E-state index contributed by atoms with van der Waals surface area (Å²) >= 11 is 0. The van der Waals surface area contributed by atoms with E-state index in [1.165, 1.54) is 0 Å². The number of ketones is 1. The molecule has 1 heterocycles. The van der Waals surface area contributed by atoms with Crippen LogP contribution < -0.4 is 16.9 Å². The highest BCUT2D eigenvalue weighted by molar-refractivity contribution is 5.88. The lowest BCUT2D eigenvalue weighted by atomic mass is 10.0. The van der Waals surface area contributed by atoms with E-state index >= 15 is 0 Å². The van der Waals surface area contributed by atoms with Crippen LogP contribution in [-0.4, -0.2) is 48.2 Å². The number of aliphatic imine (C=N–C) groups is 1. The predicted octanol–water partition coefficient (Wildman–Crippen LogP) is -0.142. The number of carbonyl (C=O) groups excluding carboxylic acids is 2. The lowest BCUT2D eigenvalue weighted by molar-refractivity contribution is -0.134. The van der Waals surface area contributed by atoms with Crippen LogP contribution in [0.25, 0.3) is 0 Å². The van der Waals surface area contributed by atoms with Crippen LogP contribution in [0.2, 0.25) is 0 Å².